The smallest absolute Gasteiger partial charge is 0.0210 e. The largest absolute Gasteiger partial charge is 0.313 e. The molecule has 1 N–H and O–H groups in total. The van der Waals surface area contributed by atoms with Crippen molar-refractivity contribution < 1.29 is 0 Å². The van der Waals surface area contributed by atoms with Crippen LogP contribution in [0.4, 0.5) is 0 Å². The van der Waals surface area contributed by atoms with Crippen molar-refractivity contribution in [3.8, 4) is 0 Å². The SMILES string of the molecule is Cc1cccc(C)c1CNCCCN(C)C(C)C. The van der Waals surface area contributed by atoms with Gasteiger partial charge < -0.3 is 10.2 Å². The highest BCUT2D eigenvalue weighted by Gasteiger charge is 2.03. The maximum absolute atomic E-state index is 3.55. The molecule has 0 heterocycles. The van der Waals surface area contributed by atoms with Crippen LogP contribution in [0.15, 0.2) is 18.2 Å². The average molecular weight is 248 g/mol. The number of hydrogen-bond acceptors (Lipinski definition) is 2. The molecule has 0 aliphatic heterocycles. The fraction of sp³-hybridized carbons (Fsp3) is 0.625. The summed E-state index contributed by atoms with van der Waals surface area (Å²) in [5.41, 5.74) is 4.23. The molecule has 0 unspecified atom stereocenters. The lowest BCUT2D eigenvalue weighted by Gasteiger charge is -2.20. The molecule has 102 valence electrons. The highest BCUT2D eigenvalue weighted by Crippen LogP contribution is 2.12. The minimum absolute atomic E-state index is 0.642. The highest BCUT2D eigenvalue weighted by atomic mass is 15.1. The molecule has 1 aromatic carbocycles. The Labute approximate surface area is 112 Å². The number of hydrogen-bond donors (Lipinski definition) is 1. The Bertz CT molecular complexity index is 338. The molecule has 2 nitrogen and oxygen atoms in total. The van der Waals surface area contributed by atoms with Crippen LogP contribution in [0.25, 0.3) is 0 Å². The molecule has 1 rings (SSSR count). The Morgan fingerprint density at radius 1 is 1.17 bits per heavy atom. The standard InChI is InChI=1S/C16H28N2/c1-13(2)18(5)11-7-10-17-12-16-14(3)8-6-9-15(16)4/h6,8-9,13,17H,7,10-12H2,1-5H3. The van der Waals surface area contributed by atoms with E-state index in [-0.39, 0.29) is 0 Å². The Hall–Kier alpha value is -0.860. The van der Waals surface area contributed by atoms with Crippen molar-refractivity contribution in [1.29, 1.82) is 0 Å². The molecule has 0 bridgehead atoms. The monoisotopic (exact) mass is 248 g/mol. The van der Waals surface area contributed by atoms with Gasteiger partial charge in [0, 0.05) is 12.6 Å². The highest BCUT2D eigenvalue weighted by molar-refractivity contribution is 5.33. The van der Waals surface area contributed by atoms with Crippen LogP contribution in [-0.4, -0.2) is 31.1 Å². The van der Waals surface area contributed by atoms with E-state index in [0.717, 1.165) is 19.6 Å². The van der Waals surface area contributed by atoms with Gasteiger partial charge in [0.05, 0.1) is 0 Å². The quantitative estimate of drug-likeness (QED) is 0.746. The van der Waals surface area contributed by atoms with Gasteiger partial charge in [-0.3, -0.25) is 0 Å². The predicted molar refractivity (Wildman–Crippen MR) is 80.0 cm³/mol. The van der Waals surface area contributed by atoms with Crippen LogP contribution in [0.2, 0.25) is 0 Å². The van der Waals surface area contributed by atoms with E-state index in [0.29, 0.717) is 6.04 Å². The van der Waals surface area contributed by atoms with E-state index in [2.05, 4.69) is 63.2 Å². The lowest BCUT2D eigenvalue weighted by Crippen LogP contribution is -2.29. The van der Waals surface area contributed by atoms with E-state index in [1.54, 1.807) is 0 Å². The molecular formula is C16H28N2. The molecule has 0 fully saturated rings. The van der Waals surface area contributed by atoms with Gasteiger partial charge in [0.15, 0.2) is 0 Å². The van der Waals surface area contributed by atoms with Crippen LogP contribution in [0.5, 0.6) is 0 Å². The lowest BCUT2D eigenvalue weighted by molar-refractivity contribution is 0.269. The predicted octanol–water partition coefficient (Wildman–Crippen LogP) is 3.12. The molecule has 0 atom stereocenters. The first-order valence-corrected chi connectivity index (χ1v) is 6.98. The van der Waals surface area contributed by atoms with Crippen LogP contribution in [0.1, 0.15) is 37.0 Å². The third-order valence-electron chi connectivity index (χ3n) is 3.69. The zero-order valence-electron chi connectivity index (χ0n) is 12.6. The first-order chi connectivity index (χ1) is 8.52. The summed E-state index contributed by atoms with van der Waals surface area (Å²) in [5.74, 6) is 0. The van der Waals surface area contributed by atoms with Crippen molar-refractivity contribution >= 4 is 0 Å². The second-order valence-electron chi connectivity index (χ2n) is 5.48. The van der Waals surface area contributed by atoms with Gasteiger partial charge in [-0.25, -0.2) is 0 Å². The number of nitrogens with one attached hydrogen (secondary N) is 1. The first kappa shape index (κ1) is 15.2. The molecule has 18 heavy (non-hydrogen) atoms. The Balaban J connectivity index is 2.26. The van der Waals surface area contributed by atoms with Crippen molar-refractivity contribution in [1.82, 2.24) is 10.2 Å². The summed E-state index contributed by atoms with van der Waals surface area (Å²) in [6, 6.07) is 7.16. The zero-order chi connectivity index (χ0) is 13.5. The van der Waals surface area contributed by atoms with Gasteiger partial charge in [0.1, 0.15) is 0 Å². The van der Waals surface area contributed by atoms with Gasteiger partial charge in [-0.1, -0.05) is 18.2 Å². The third kappa shape index (κ3) is 4.79. The number of rotatable bonds is 7. The fourth-order valence-electron chi connectivity index (χ4n) is 2.05. The molecule has 0 amide bonds. The van der Waals surface area contributed by atoms with Crippen LogP contribution in [-0.2, 0) is 6.54 Å². The van der Waals surface area contributed by atoms with Crippen molar-refractivity contribution in [2.45, 2.75) is 46.7 Å². The van der Waals surface area contributed by atoms with E-state index in [1.165, 1.54) is 23.1 Å². The van der Waals surface area contributed by atoms with Crippen LogP contribution >= 0.6 is 0 Å². The maximum atomic E-state index is 3.55. The molecule has 0 spiro atoms. The summed E-state index contributed by atoms with van der Waals surface area (Å²) in [4.78, 5) is 2.39. The lowest BCUT2D eigenvalue weighted by atomic mass is 10.0. The van der Waals surface area contributed by atoms with Gasteiger partial charge in [0.25, 0.3) is 0 Å². The van der Waals surface area contributed by atoms with Crippen LogP contribution < -0.4 is 5.32 Å². The number of nitrogens with zero attached hydrogens (tertiary/aromatic N) is 1. The van der Waals surface area contributed by atoms with Crippen molar-refractivity contribution in [3.63, 3.8) is 0 Å². The Morgan fingerprint density at radius 2 is 1.78 bits per heavy atom. The Morgan fingerprint density at radius 3 is 2.33 bits per heavy atom. The molecule has 0 radical (unpaired) electrons. The third-order valence-corrected chi connectivity index (χ3v) is 3.69. The van der Waals surface area contributed by atoms with Gasteiger partial charge >= 0.3 is 0 Å². The Kier molecular flexibility index (Phi) is 6.37. The molecular weight excluding hydrogens is 220 g/mol. The molecule has 0 aliphatic carbocycles. The van der Waals surface area contributed by atoms with E-state index < -0.39 is 0 Å². The molecule has 0 aliphatic rings. The van der Waals surface area contributed by atoms with Gasteiger partial charge in [-0.15, -0.1) is 0 Å². The molecule has 1 aromatic rings. The topological polar surface area (TPSA) is 15.3 Å². The fourth-order valence-corrected chi connectivity index (χ4v) is 2.05. The van der Waals surface area contributed by atoms with Crippen LogP contribution in [0.3, 0.4) is 0 Å². The minimum Gasteiger partial charge on any atom is -0.313 e. The van der Waals surface area contributed by atoms with E-state index in [4.69, 9.17) is 0 Å². The molecule has 0 saturated carbocycles. The van der Waals surface area contributed by atoms with Gasteiger partial charge in [-0.05, 0) is 70.9 Å². The summed E-state index contributed by atoms with van der Waals surface area (Å²) in [5, 5.41) is 3.55. The first-order valence-electron chi connectivity index (χ1n) is 6.98. The summed E-state index contributed by atoms with van der Waals surface area (Å²) in [6.45, 7) is 12.1. The van der Waals surface area contributed by atoms with Crippen molar-refractivity contribution in [2.75, 3.05) is 20.1 Å². The van der Waals surface area contributed by atoms with E-state index in [9.17, 15) is 0 Å². The van der Waals surface area contributed by atoms with Gasteiger partial charge in [-0.2, -0.15) is 0 Å². The second kappa shape index (κ2) is 7.55. The average Bonchev–Trinajstić information content (AvgIpc) is 2.31. The summed E-state index contributed by atoms with van der Waals surface area (Å²) < 4.78 is 0. The summed E-state index contributed by atoms with van der Waals surface area (Å²) in [7, 11) is 2.19. The second-order valence-corrected chi connectivity index (χ2v) is 5.48. The maximum Gasteiger partial charge on any atom is 0.0210 e. The molecule has 0 aromatic heterocycles. The van der Waals surface area contributed by atoms with E-state index >= 15 is 0 Å². The molecule has 0 saturated heterocycles. The van der Waals surface area contributed by atoms with Crippen LogP contribution in [0, 0.1) is 13.8 Å². The zero-order valence-corrected chi connectivity index (χ0v) is 12.6. The molecule has 2 heteroatoms. The minimum atomic E-state index is 0.642. The van der Waals surface area contributed by atoms with Crippen molar-refractivity contribution in [3.05, 3.63) is 34.9 Å². The van der Waals surface area contributed by atoms with E-state index in [1.807, 2.05) is 0 Å². The number of aryl methyl sites for hydroxylation is 2. The summed E-state index contributed by atoms with van der Waals surface area (Å²) >= 11 is 0. The van der Waals surface area contributed by atoms with Crippen molar-refractivity contribution in [2.24, 2.45) is 0 Å². The summed E-state index contributed by atoms with van der Waals surface area (Å²) in [6.07, 6.45) is 1.21. The number of benzene rings is 1. The van der Waals surface area contributed by atoms with Gasteiger partial charge in [0.2, 0.25) is 0 Å². The normalized spacial score (nSPS) is 11.5.